The topological polar surface area (TPSA) is 72.2 Å². The summed E-state index contributed by atoms with van der Waals surface area (Å²) in [6.07, 6.45) is 0. The molecule has 1 N–H and O–H groups in total. The van der Waals surface area contributed by atoms with Crippen molar-refractivity contribution in [2.45, 2.75) is 26.8 Å². The van der Waals surface area contributed by atoms with Crippen molar-refractivity contribution in [3.05, 3.63) is 39.4 Å². The van der Waals surface area contributed by atoms with Crippen molar-refractivity contribution in [1.82, 2.24) is 5.32 Å². The molecule has 6 heteroatoms. The summed E-state index contributed by atoms with van der Waals surface area (Å²) in [6, 6.07) is 4.38. The molecule has 0 fully saturated rings. The minimum Gasteiger partial charge on any atom is -0.349 e. The van der Waals surface area contributed by atoms with Gasteiger partial charge >= 0.3 is 0 Å². The van der Waals surface area contributed by atoms with E-state index in [1.54, 1.807) is 13.0 Å². The first-order valence-electron chi connectivity index (χ1n) is 5.99. The Hall–Kier alpha value is -1.62. The molecular formula is C13H17ClN2O3. The number of carbonyl (C=O) groups excluding carboxylic acids is 1. The molecule has 0 bridgehead atoms. The van der Waals surface area contributed by atoms with Gasteiger partial charge in [0.25, 0.3) is 11.6 Å². The van der Waals surface area contributed by atoms with Gasteiger partial charge in [0, 0.05) is 29.1 Å². The van der Waals surface area contributed by atoms with Gasteiger partial charge in [-0.2, -0.15) is 0 Å². The first kappa shape index (κ1) is 15.4. The molecule has 1 rings (SSSR count). The Labute approximate surface area is 117 Å². The summed E-state index contributed by atoms with van der Waals surface area (Å²) in [5, 5.41) is 13.6. The summed E-state index contributed by atoms with van der Waals surface area (Å²) < 4.78 is 0. The van der Waals surface area contributed by atoms with Gasteiger partial charge in [0.05, 0.1) is 4.92 Å². The van der Waals surface area contributed by atoms with Gasteiger partial charge in [-0.05, 0) is 25.8 Å². The number of hydrogen-bond donors (Lipinski definition) is 1. The van der Waals surface area contributed by atoms with Crippen molar-refractivity contribution in [1.29, 1.82) is 0 Å². The number of rotatable bonds is 5. The monoisotopic (exact) mass is 284 g/mol. The number of benzene rings is 1. The number of halogens is 1. The van der Waals surface area contributed by atoms with Crippen molar-refractivity contribution in [3.63, 3.8) is 0 Å². The summed E-state index contributed by atoms with van der Waals surface area (Å²) in [5.41, 5.74) is 0.643. The number of nitro benzene ring substituents is 1. The lowest BCUT2D eigenvalue weighted by Crippen LogP contribution is -2.38. The molecule has 0 saturated carbocycles. The average molecular weight is 285 g/mol. The van der Waals surface area contributed by atoms with Crippen LogP contribution >= 0.6 is 11.6 Å². The fraction of sp³-hybridized carbons (Fsp3) is 0.462. The van der Waals surface area contributed by atoms with Crippen LogP contribution in [-0.2, 0) is 0 Å². The van der Waals surface area contributed by atoms with E-state index in [-0.39, 0.29) is 23.6 Å². The minimum absolute atomic E-state index is 0.0503. The summed E-state index contributed by atoms with van der Waals surface area (Å²) in [6.45, 7) is 5.36. The van der Waals surface area contributed by atoms with Crippen LogP contribution in [-0.4, -0.2) is 22.8 Å². The SMILES string of the molecule is Cc1c(C(=O)NC(C)C(C)CCl)cccc1[N+](=O)[O-]. The molecule has 0 saturated heterocycles. The number of nitro groups is 1. The molecule has 1 aromatic carbocycles. The number of amides is 1. The van der Waals surface area contributed by atoms with Gasteiger partial charge in [-0.25, -0.2) is 0 Å². The van der Waals surface area contributed by atoms with E-state index >= 15 is 0 Å². The molecule has 19 heavy (non-hydrogen) atoms. The molecule has 5 nitrogen and oxygen atoms in total. The van der Waals surface area contributed by atoms with Crippen molar-refractivity contribution in [2.24, 2.45) is 5.92 Å². The largest absolute Gasteiger partial charge is 0.349 e. The Balaban J connectivity index is 2.95. The third kappa shape index (κ3) is 3.67. The molecule has 0 aliphatic rings. The second-order valence-corrected chi connectivity index (χ2v) is 4.91. The van der Waals surface area contributed by atoms with Crippen LogP contribution in [0, 0.1) is 23.0 Å². The molecule has 2 atom stereocenters. The molecule has 0 aliphatic heterocycles. The van der Waals surface area contributed by atoms with E-state index in [4.69, 9.17) is 11.6 Å². The lowest BCUT2D eigenvalue weighted by Gasteiger charge is -2.19. The molecule has 1 amide bonds. The van der Waals surface area contributed by atoms with Crippen LogP contribution in [0.5, 0.6) is 0 Å². The summed E-state index contributed by atoms with van der Waals surface area (Å²) in [7, 11) is 0. The van der Waals surface area contributed by atoms with E-state index in [1.165, 1.54) is 12.1 Å². The lowest BCUT2D eigenvalue weighted by molar-refractivity contribution is -0.385. The Kier molecular flexibility index (Phi) is 5.30. The van der Waals surface area contributed by atoms with Crippen molar-refractivity contribution < 1.29 is 9.72 Å². The maximum absolute atomic E-state index is 12.1. The van der Waals surface area contributed by atoms with Crippen LogP contribution in [0.2, 0.25) is 0 Å². The smallest absolute Gasteiger partial charge is 0.273 e. The first-order chi connectivity index (χ1) is 8.88. The van der Waals surface area contributed by atoms with Crippen LogP contribution < -0.4 is 5.32 Å². The van der Waals surface area contributed by atoms with Gasteiger partial charge in [0.15, 0.2) is 0 Å². The van der Waals surface area contributed by atoms with Crippen LogP contribution in [0.1, 0.15) is 29.8 Å². The fourth-order valence-electron chi connectivity index (χ4n) is 1.63. The van der Waals surface area contributed by atoms with Crippen molar-refractivity contribution in [3.8, 4) is 0 Å². The number of nitrogens with one attached hydrogen (secondary N) is 1. The second-order valence-electron chi connectivity index (χ2n) is 4.60. The van der Waals surface area contributed by atoms with Crippen molar-refractivity contribution >= 4 is 23.2 Å². The second kappa shape index (κ2) is 6.52. The Bertz CT molecular complexity index is 491. The summed E-state index contributed by atoms with van der Waals surface area (Å²) in [4.78, 5) is 22.4. The van der Waals surface area contributed by atoms with E-state index in [0.29, 0.717) is 17.0 Å². The predicted octanol–water partition coefficient (Wildman–Crippen LogP) is 2.90. The van der Waals surface area contributed by atoms with Crippen molar-refractivity contribution in [2.75, 3.05) is 5.88 Å². The maximum Gasteiger partial charge on any atom is 0.273 e. The Morgan fingerprint density at radius 2 is 2.11 bits per heavy atom. The highest BCUT2D eigenvalue weighted by Gasteiger charge is 2.20. The third-order valence-corrected chi connectivity index (χ3v) is 3.69. The van der Waals surface area contributed by atoms with Gasteiger partial charge in [0.2, 0.25) is 0 Å². The highest BCUT2D eigenvalue weighted by molar-refractivity contribution is 6.18. The standard InChI is InChI=1S/C13H17ClN2O3/c1-8(7-14)10(3)15-13(17)11-5-4-6-12(9(11)2)16(18)19/h4-6,8,10H,7H2,1-3H3,(H,15,17). The summed E-state index contributed by atoms with van der Waals surface area (Å²) in [5.74, 6) is 0.255. The van der Waals surface area contributed by atoms with E-state index in [9.17, 15) is 14.9 Å². The van der Waals surface area contributed by atoms with E-state index < -0.39 is 4.92 Å². The number of carbonyl (C=O) groups is 1. The Morgan fingerprint density at radius 1 is 1.47 bits per heavy atom. The highest BCUT2D eigenvalue weighted by atomic mass is 35.5. The van der Waals surface area contributed by atoms with Gasteiger partial charge in [-0.15, -0.1) is 11.6 Å². The molecule has 1 aromatic rings. The zero-order valence-corrected chi connectivity index (χ0v) is 11.9. The fourth-order valence-corrected chi connectivity index (χ4v) is 1.89. The molecule has 0 heterocycles. The molecule has 0 radical (unpaired) electrons. The molecule has 0 aliphatic carbocycles. The average Bonchev–Trinajstić information content (AvgIpc) is 2.37. The minimum atomic E-state index is -0.489. The molecule has 104 valence electrons. The zero-order valence-electron chi connectivity index (χ0n) is 11.1. The molecule has 2 unspecified atom stereocenters. The normalized spacial score (nSPS) is 13.7. The lowest BCUT2D eigenvalue weighted by atomic mass is 10.0. The molecular weight excluding hydrogens is 268 g/mol. The predicted molar refractivity (Wildman–Crippen MR) is 74.6 cm³/mol. The van der Waals surface area contributed by atoms with Gasteiger partial charge in [-0.3, -0.25) is 14.9 Å². The van der Waals surface area contributed by atoms with Crippen LogP contribution in [0.25, 0.3) is 0 Å². The van der Waals surface area contributed by atoms with Crippen LogP contribution in [0.3, 0.4) is 0 Å². The van der Waals surface area contributed by atoms with Crippen LogP contribution in [0.4, 0.5) is 5.69 Å². The van der Waals surface area contributed by atoms with Gasteiger partial charge < -0.3 is 5.32 Å². The number of nitrogens with zero attached hydrogens (tertiary/aromatic N) is 1. The van der Waals surface area contributed by atoms with Gasteiger partial charge in [-0.1, -0.05) is 13.0 Å². The first-order valence-corrected chi connectivity index (χ1v) is 6.52. The highest BCUT2D eigenvalue weighted by Crippen LogP contribution is 2.21. The quantitative estimate of drug-likeness (QED) is 0.513. The molecule has 0 aromatic heterocycles. The van der Waals surface area contributed by atoms with E-state index in [1.807, 2.05) is 13.8 Å². The third-order valence-electron chi connectivity index (χ3n) is 3.20. The number of hydrogen-bond acceptors (Lipinski definition) is 3. The van der Waals surface area contributed by atoms with E-state index in [2.05, 4.69) is 5.32 Å². The summed E-state index contributed by atoms with van der Waals surface area (Å²) >= 11 is 5.73. The Morgan fingerprint density at radius 3 is 2.63 bits per heavy atom. The number of alkyl halides is 1. The zero-order chi connectivity index (χ0) is 14.6. The van der Waals surface area contributed by atoms with Crippen LogP contribution in [0.15, 0.2) is 18.2 Å². The maximum atomic E-state index is 12.1. The van der Waals surface area contributed by atoms with Gasteiger partial charge in [0.1, 0.15) is 0 Å². The van der Waals surface area contributed by atoms with E-state index in [0.717, 1.165) is 0 Å². The molecule has 0 spiro atoms.